The number of amides is 1. The normalized spacial score (nSPS) is 28.3. The van der Waals surface area contributed by atoms with Gasteiger partial charge in [0.25, 0.3) is 0 Å². The van der Waals surface area contributed by atoms with Crippen molar-refractivity contribution in [2.45, 2.75) is 45.1 Å². The van der Waals surface area contributed by atoms with Crippen molar-refractivity contribution < 1.29 is 17.6 Å². The van der Waals surface area contributed by atoms with E-state index in [0.29, 0.717) is 30.6 Å². The maximum atomic E-state index is 12.5. The first-order valence-electron chi connectivity index (χ1n) is 8.68. The number of hydrogen-bond acceptors (Lipinski definition) is 4. The second-order valence-electron chi connectivity index (χ2n) is 6.98. The monoisotopic (exact) mass is 351 g/mol. The molecule has 0 aromatic carbocycles. The van der Waals surface area contributed by atoms with Crippen LogP contribution in [0.1, 0.15) is 50.5 Å². The summed E-state index contributed by atoms with van der Waals surface area (Å²) in [4.78, 5) is 14.2. The molecule has 3 atom stereocenters. The van der Waals surface area contributed by atoms with E-state index >= 15 is 0 Å². The highest BCUT2D eigenvalue weighted by molar-refractivity contribution is 7.91. The largest absolute Gasteiger partial charge is 0.461 e. The summed E-state index contributed by atoms with van der Waals surface area (Å²) in [5, 5.41) is 0. The summed E-state index contributed by atoms with van der Waals surface area (Å²) in [6, 6.07) is 3.66. The van der Waals surface area contributed by atoms with Crippen LogP contribution < -0.4 is 0 Å². The summed E-state index contributed by atoms with van der Waals surface area (Å²) >= 11 is 0. The fraction of sp³-hybridized carbons (Fsp3) is 0.611. The number of carbonyl (C=O) groups is 1. The number of nitrogens with zero attached hydrogens (tertiary/aromatic N) is 1. The lowest BCUT2D eigenvalue weighted by molar-refractivity contribution is -0.127. The molecule has 132 valence electrons. The fourth-order valence-corrected chi connectivity index (χ4v) is 5.09. The predicted octanol–water partition coefficient (Wildman–Crippen LogP) is 2.84. The first kappa shape index (κ1) is 17.3. The molecular formula is C18H25NO4S. The van der Waals surface area contributed by atoms with Crippen LogP contribution in [0.4, 0.5) is 0 Å². The van der Waals surface area contributed by atoms with Crippen LogP contribution in [0.2, 0.25) is 0 Å². The number of hydrogen-bond donors (Lipinski definition) is 0. The van der Waals surface area contributed by atoms with E-state index in [-0.39, 0.29) is 23.5 Å². The van der Waals surface area contributed by atoms with Crippen LogP contribution >= 0.6 is 0 Å². The lowest BCUT2D eigenvalue weighted by atomic mass is 10.2. The van der Waals surface area contributed by atoms with E-state index in [0.717, 1.165) is 18.6 Å². The van der Waals surface area contributed by atoms with Crippen LogP contribution in [0, 0.1) is 5.92 Å². The van der Waals surface area contributed by atoms with Crippen molar-refractivity contribution in [3.63, 3.8) is 0 Å². The zero-order chi connectivity index (χ0) is 17.3. The van der Waals surface area contributed by atoms with Crippen LogP contribution in [0.15, 0.2) is 22.6 Å². The molecule has 2 fully saturated rings. The molecule has 1 aromatic heterocycles. The van der Waals surface area contributed by atoms with Crippen molar-refractivity contribution in [2.24, 2.45) is 5.92 Å². The third-order valence-electron chi connectivity index (χ3n) is 4.91. The molecule has 2 aliphatic rings. The van der Waals surface area contributed by atoms with Gasteiger partial charge < -0.3 is 9.32 Å². The molecule has 3 unspecified atom stereocenters. The van der Waals surface area contributed by atoms with Gasteiger partial charge >= 0.3 is 0 Å². The van der Waals surface area contributed by atoms with Crippen molar-refractivity contribution in [3.05, 3.63) is 29.7 Å². The molecule has 24 heavy (non-hydrogen) atoms. The highest BCUT2D eigenvalue weighted by Crippen LogP contribution is 2.47. The molecule has 5 nitrogen and oxygen atoms in total. The Kier molecular flexibility index (Phi) is 4.85. The summed E-state index contributed by atoms with van der Waals surface area (Å²) < 4.78 is 29.1. The van der Waals surface area contributed by atoms with E-state index in [1.165, 1.54) is 6.08 Å². The maximum Gasteiger partial charge on any atom is 0.246 e. The number of sulfone groups is 1. The quantitative estimate of drug-likeness (QED) is 0.739. The van der Waals surface area contributed by atoms with Crippen LogP contribution in [0.3, 0.4) is 0 Å². The summed E-state index contributed by atoms with van der Waals surface area (Å²) in [5.41, 5.74) is 0. The van der Waals surface area contributed by atoms with E-state index in [2.05, 4.69) is 6.92 Å². The van der Waals surface area contributed by atoms with Crippen molar-refractivity contribution in [3.8, 4) is 0 Å². The Bertz CT molecular complexity index is 734. The minimum absolute atomic E-state index is 0.0804. The van der Waals surface area contributed by atoms with Gasteiger partial charge in [-0.05, 0) is 43.4 Å². The molecular weight excluding hydrogens is 326 g/mol. The molecule has 0 spiro atoms. The molecule has 0 bridgehead atoms. The Hall–Kier alpha value is -1.56. The summed E-state index contributed by atoms with van der Waals surface area (Å²) in [7, 11) is -3.00. The second-order valence-corrected chi connectivity index (χ2v) is 9.21. The summed E-state index contributed by atoms with van der Waals surface area (Å²) in [6.45, 7) is 4.76. The van der Waals surface area contributed by atoms with Gasteiger partial charge in [-0.15, -0.1) is 0 Å². The third kappa shape index (κ3) is 3.91. The first-order valence-corrected chi connectivity index (χ1v) is 10.5. The molecule has 1 saturated heterocycles. The van der Waals surface area contributed by atoms with E-state index in [4.69, 9.17) is 4.42 Å². The molecule has 2 heterocycles. The van der Waals surface area contributed by atoms with Gasteiger partial charge in [0.1, 0.15) is 11.5 Å². The van der Waals surface area contributed by atoms with Crippen LogP contribution in [-0.4, -0.2) is 43.3 Å². The third-order valence-corrected chi connectivity index (χ3v) is 6.66. The average Bonchev–Trinajstić information content (AvgIpc) is 2.95. The van der Waals surface area contributed by atoms with Crippen molar-refractivity contribution in [1.29, 1.82) is 0 Å². The standard InChI is InChI=1S/C18H25NO4S/c1-3-9-19(14-8-10-24(21,22)12-14)18(20)7-5-15-4-6-17(23-15)16-11-13(16)2/h4-7,13-14,16H,3,8-12H2,1-2H3/b7-5+. The zero-order valence-corrected chi connectivity index (χ0v) is 15.1. The Morgan fingerprint density at radius 3 is 2.75 bits per heavy atom. The van der Waals surface area contributed by atoms with E-state index in [9.17, 15) is 13.2 Å². The Labute approximate surface area is 143 Å². The molecule has 1 aliphatic heterocycles. The SMILES string of the molecule is CCCN(C(=O)/C=C/c1ccc(C2CC2C)o1)C1CCS(=O)(=O)C1. The number of furan rings is 1. The fourth-order valence-electron chi connectivity index (χ4n) is 3.36. The van der Waals surface area contributed by atoms with Gasteiger partial charge in [-0.25, -0.2) is 8.42 Å². The van der Waals surface area contributed by atoms with E-state index in [1.54, 1.807) is 11.0 Å². The Balaban J connectivity index is 1.65. The molecule has 0 N–H and O–H groups in total. The van der Waals surface area contributed by atoms with Gasteiger partial charge in [-0.1, -0.05) is 13.8 Å². The van der Waals surface area contributed by atoms with Gasteiger partial charge in [0.2, 0.25) is 5.91 Å². The zero-order valence-electron chi connectivity index (χ0n) is 14.3. The minimum atomic E-state index is -3.00. The van der Waals surface area contributed by atoms with Crippen LogP contribution in [-0.2, 0) is 14.6 Å². The highest BCUT2D eigenvalue weighted by atomic mass is 32.2. The Morgan fingerprint density at radius 1 is 1.42 bits per heavy atom. The van der Waals surface area contributed by atoms with Gasteiger partial charge in [-0.2, -0.15) is 0 Å². The summed E-state index contributed by atoms with van der Waals surface area (Å²) in [5.74, 6) is 2.97. The topological polar surface area (TPSA) is 67.6 Å². The Morgan fingerprint density at radius 2 is 2.17 bits per heavy atom. The molecule has 0 radical (unpaired) electrons. The van der Waals surface area contributed by atoms with Crippen LogP contribution in [0.5, 0.6) is 0 Å². The lowest BCUT2D eigenvalue weighted by Gasteiger charge is -2.26. The van der Waals surface area contributed by atoms with Crippen LogP contribution in [0.25, 0.3) is 6.08 Å². The van der Waals surface area contributed by atoms with Gasteiger partial charge in [0.15, 0.2) is 9.84 Å². The molecule has 1 aliphatic carbocycles. The van der Waals surface area contributed by atoms with E-state index in [1.807, 2.05) is 19.1 Å². The smallest absolute Gasteiger partial charge is 0.246 e. The van der Waals surface area contributed by atoms with Crippen molar-refractivity contribution in [2.75, 3.05) is 18.1 Å². The van der Waals surface area contributed by atoms with Crippen molar-refractivity contribution >= 4 is 21.8 Å². The molecule has 6 heteroatoms. The van der Waals surface area contributed by atoms with E-state index < -0.39 is 9.84 Å². The summed E-state index contributed by atoms with van der Waals surface area (Å²) in [6.07, 6.45) is 5.69. The molecule has 1 aromatic rings. The van der Waals surface area contributed by atoms with Crippen molar-refractivity contribution in [1.82, 2.24) is 4.90 Å². The maximum absolute atomic E-state index is 12.5. The highest BCUT2D eigenvalue weighted by Gasteiger charge is 2.36. The second kappa shape index (κ2) is 6.75. The van der Waals surface area contributed by atoms with Gasteiger partial charge in [0.05, 0.1) is 11.5 Å². The molecule has 1 saturated carbocycles. The average molecular weight is 351 g/mol. The molecule has 3 rings (SSSR count). The number of carbonyl (C=O) groups excluding carboxylic acids is 1. The predicted molar refractivity (Wildman–Crippen MR) is 93.3 cm³/mol. The lowest BCUT2D eigenvalue weighted by Crippen LogP contribution is -2.40. The number of rotatable bonds is 6. The van der Waals surface area contributed by atoms with Gasteiger partial charge in [-0.3, -0.25) is 4.79 Å². The minimum Gasteiger partial charge on any atom is -0.461 e. The first-order chi connectivity index (χ1) is 11.4. The molecule has 1 amide bonds. The van der Waals surface area contributed by atoms with Gasteiger partial charge in [0, 0.05) is 24.6 Å².